The van der Waals surface area contributed by atoms with Crippen LogP contribution in [0.4, 0.5) is 0 Å². The van der Waals surface area contributed by atoms with Crippen LogP contribution in [0, 0.1) is 5.92 Å². The summed E-state index contributed by atoms with van der Waals surface area (Å²) in [5.74, 6) is 0.296. The summed E-state index contributed by atoms with van der Waals surface area (Å²) in [5.41, 5.74) is 0.395. The minimum absolute atomic E-state index is 0. The van der Waals surface area contributed by atoms with Crippen LogP contribution in [0.3, 0.4) is 0 Å². The Balaban J connectivity index is 0.00000361. The molecule has 3 N–H and O–H groups in total. The molecule has 3 aromatic rings. The topological polar surface area (TPSA) is 80.4 Å². The molecule has 36 heavy (non-hydrogen) atoms. The van der Waals surface area contributed by atoms with E-state index >= 15 is 0 Å². The lowest BCUT2D eigenvalue weighted by Gasteiger charge is -2.42. The van der Waals surface area contributed by atoms with Crippen LogP contribution < -0.4 is 26.8 Å². The van der Waals surface area contributed by atoms with Gasteiger partial charge in [-0.25, -0.2) is 0 Å². The number of nitrogens with one attached hydrogen (secondary N) is 1. The number of carbonyl (C=O) groups is 1. The number of ketones is 1. The average Bonchev–Trinajstić information content (AvgIpc) is 2.89. The first-order valence-electron chi connectivity index (χ1n) is 11.7. The number of hydrogen-bond acceptors (Lipinski definition) is 5. The number of likely N-dealkylation sites (tertiary alicyclic amines) is 1. The van der Waals surface area contributed by atoms with E-state index in [0.29, 0.717) is 59.3 Å². The van der Waals surface area contributed by atoms with Gasteiger partial charge in [0.2, 0.25) is 0 Å². The molecule has 4 atom stereocenters. The minimum Gasteiger partial charge on any atom is -1.00 e. The monoisotopic (exact) mass is 531 g/mol. The molecule has 8 heteroatoms. The zero-order chi connectivity index (χ0) is 25.0. The molecule has 1 aliphatic heterocycles. The maximum atomic E-state index is 13.8. The Labute approximate surface area is 222 Å². The fourth-order valence-corrected chi connectivity index (χ4v) is 5.20. The van der Waals surface area contributed by atoms with Gasteiger partial charge in [0.15, 0.2) is 5.78 Å². The largest absolute Gasteiger partial charge is 1.00 e. The van der Waals surface area contributed by atoms with Crippen molar-refractivity contribution in [2.24, 2.45) is 5.92 Å². The minimum atomic E-state index is -1.38. The summed E-state index contributed by atoms with van der Waals surface area (Å²) < 4.78 is 10.7. The molecule has 1 heterocycles. The van der Waals surface area contributed by atoms with Crippen molar-refractivity contribution in [2.75, 3.05) is 33.9 Å². The number of piperidine rings is 1. The van der Waals surface area contributed by atoms with E-state index in [4.69, 9.17) is 21.1 Å². The number of carbonyl (C=O) groups excluding carboxylic acids is 1. The van der Waals surface area contributed by atoms with Crippen LogP contribution in [-0.2, 0) is 5.60 Å². The van der Waals surface area contributed by atoms with Gasteiger partial charge in [0.05, 0.1) is 27.3 Å². The molecule has 0 aliphatic carbocycles. The van der Waals surface area contributed by atoms with Gasteiger partial charge in [-0.05, 0) is 35.9 Å². The summed E-state index contributed by atoms with van der Waals surface area (Å²) in [6, 6.07) is 21.5. The number of quaternary nitrogens is 1. The van der Waals surface area contributed by atoms with Crippen molar-refractivity contribution in [2.45, 2.75) is 18.1 Å². The van der Waals surface area contributed by atoms with Gasteiger partial charge >= 0.3 is 0 Å². The zero-order valence-electron chi connectivity index (χ0n) is 20.3. The van der Waals surface area contributed by atoms with Gasteiger partial charge in [0.25, 0.3) is 0 Å². The SMILES string of the molecule is COc1cccc(C(=O)C2C[NH+](CC(O)c3ccccc3Cl)CCC2(O)c2cccc(OC)c2)c1.[Cl-]. The standard InChI is InChI=1S/C28H30ClNO5.ClH/c1-34-21-9-5-7-19(15-21)27(32)24-17-30(18-26(31)23-11-3-4-12-25(23)29)14-13-28(24,33)20-8-6-10-22(16-20)35-2;/h3-12,15-16,24,26,31,33H,13-14,17-18H2,1-2H3;1H. The summed E-state index contributed by atoms with van der Waals surface area (Å²) in [7, 11) is 3.13. The molecule has 1 saturated heterocycles. The summed E-state index contributed by atoms with van der Waals surface area (Å²) in [5, 5.41) is 23.4. The van der Waals surface area contributed by atoms with E-state index in [-0.39, 0.29) is 18.2 Å². The Morgan fingerprint density at radius 2 is 1.72 bits per heavy atom. The van der Waals surface area contributed by atoms with Crippen LogP contribution in [0.2, 0.25) is 5.02 Å². The van der Waals surface area contributed by atoms with E-state index in [0.717, 1.165) is 4.90 Å². The molecule has 192 valence electrons. The first kappa shape index (κ1) is 28.0. The zero-order valence-corrected chi connectivity index (χ0v) is 21.8. The first-order valence-corrected chi connectivity index (χ1v) is 12.0. The van der Waals surface area contributed by atoms with Crippen molar-refractivity contribution in [1.29, 1.82) is 0 Å². The number of rotatable bonds is 8. The molecule has 3 aromatic carbocycles. The summed E-state index contributed by atoms with van der Waals surface area (Å²) in [4.78, 5) is 14.8. The highest BCUT2D eigenvalue weighted by atomic mass is 35.5. The fourth-order valence-electron chi connectivity index (χ4n) is 4.94. The van der Waals surface area contributed by atoms with Crippen LogP contribution in [0.1, 0.15) is 34.0 Å². The third-order valence-electron chi connectivity index (χ3n) is 6.92. The van der Waals surface area contributed by atoms with Crippen molar-refractivity contribution < 1.29 is 41.8 Å². The smallest absolute Gasteiger partial charge is 0.174 e. The highest BCUT2D eigenvalue weighted by molar-refractivity contribution is 6.31. The van der Waals surface area contributed by atoms with Crippen LogP contribution in [0.5, 0.6) is 11.5 Å². The van der Waals surface area contributed by atoms with Crippen LogP contribution >= 0.6 is 11.6 Å². The molecule has 4 rings (SSSR count). The molecule has 0 amide bonds. The number of hydrogen-bond donors (Lipinski definition) is 3. The number of halogens is 2. The summed E-state index contributed by atoms with van der Waals surface area (Å²) in [6.45, 7) is 1.31. The number of methoxy groups -OCH3 is 2. The third-order valence-corrected chi connectivity index (χ3v) is 7.26. The highest BCUT2D eigenvalue weighted by Gasteiger charge is 2.49. The number of Topliss-reactive ketones (excluding diaryl/α,β-unsaturated/α-hetero) is 1. The van der Waals surface area contributed by atoms with E-state index in [1.54, 1.807) is 50.6 Å². The molecule has 0 aromatic heterocycles. The lowest BCUT2D eigenvalue weighted by molar-refractivity contribution is -0.914. The van der Waals surface area contributed by atoms with E-state index in [1.165, 1.54) is 0 Å². The number of ether oxygens (including phenoxy) is 2. The van der Waals surface area contributed by atoms with Crippen LogP contribution in [-0.4, -0.2) is 49.9 Å². The van der Waals surface area contributed by atoms with Crippen molar-refractivity contribution in [1.82, 2.24) is 0 Å². The van der Waals surface area contributed by atoms with Crippen LogP contribution in [0.15, 0.2) is 72.8 Å². The predicted molar refractivity (Wildman–Crippen MR) is 134 cm³/mol. The van der Waals surface area contributed by atoms with Crippen molar-refractivity contribution in [3.8, 4) is 11.5 Å². The Morgan fingerprint density at radius 3 is 2.42 bits per heavy atom. The quantitative estimate of drug-likeness (QED) is 0.358. The summed E-state index contributed by atoms with van der Waals surface area (Å²) >= 11 is 6.29. The predicted octanol–water partition coefficient (Wildman–Crippen LogP) is 0.0701. The van der Waals surface area contributed by atoms with Gasteiger partial charge in [-0.3, -0.25) is 4.79 Å². The second-order valence-corrected chi connectivity index (χ2v) is 9.41. The molecule has 0 saturated carbocycles. The molecular formula is C28H31Cl2NO5. The molecule has 4 unspecified atom stereocenters. The van der Waals surface area contributed by atoms with Gasteiger partial charge in [-0.15, -0.1) is 0 Å². The van der Waals surface area contributed by atoms with Crippen molar-refractivity contribution in [3.63, 3.8) is 0 Å². The molecule has 0 bridgehead atoms. The Bertz CT molecular complexity index is 1190. The van der Waals surface area contributed by atoms with Gasteiger partial charge in [-0.1, -0.05) is 54.1 Å². The Hall–Kier alpha value is -2.61. The molecule has 6 nitrogen and oxygen atoms in total. The summed E-state index contributed by atoms with van der Waals surface area (Å²) in [6.07, 6.45) is -0.431. The van der Waals surface area contributed by atoms with Gasteiger partial charge in [0.1, 0.15) is 35.7 Å². The van der Waals surface area contributed by atoms with E-state index < -0.39 is 17.6 Å². The van der Waals surface area contributed by atoms with Gasteiger partial charge < -0.3 is 37.0 Å². The fraction of sp³-hybridized carbons (Fsp3) is 0.321. The van der Waals surface area contributed by atoms with Gasteiger partial charge in [-0.2, -0.15) is 0 Å². The van der Waals surface area contributed by atoms with Gasteiger partial charge in [0, 0.05) is 22.6 Å². The van der Waals surface area contributed by atoms with E-state index in [2.05, 4.69) is 0 Å². The normalized spacial score (nSPS) is 22.2. The highest BCUT2D eigenvalue weighted by Crippen LogP contribution is 2.38. The number of aliphatic hydroxyl groups excluding tert-OH is 1. The Morgan fingerprint density at radius 1 is 1.06 bits per heavy atom. The average molecular weight is 532 g/mol. The Kier molecular flexibility index (Phi) is 9.39. The second-order valence-electron chi connectivity index (χ2n) is 9.00. The van der Waals surface area contributed by atoms with Crippen molar-refractivity contribution >= 4 is 17.4 Å². The molecule has 0 radical (unpaired) electrons. The maximum absolute atomic E-state index is 13.8. The third kappa shape index (κ3) is 5.85. The van der Waals surface area contributed by atoms with Crippen molar-refractivity contribution in [3.05, 3.63) is 94.5 Å². The number of aliphatic hydroxyl groups is 2. The lowest BCUT2D eigenvalue weighted by atomic mass is 9.72. The van der Waals surface area contributed by atoms with E-state index in [1.807, 2.05) is 36.4 Å². The molecule has 0 spiro atoms. The first-order chi connectivity index (χ1) is 16.9. The number of benzene rings is 3. The molecular weight excluding hydrogens is 501 g/mol. The lowest BCUT2D eigenvalue weighted by Crippen LogP contribution is -3.15. The maximum Gasteiger partial charge on any atom is 0.174 e. The molecule has 1 aliphatic rings. The van der Waals surface area contributed by atoms with E-state index in [9.17, 15) is 15.0 Å². The molecule has 1 fully saturated rings. The second kappa shape index (κ2) is 12.1. The van der Waals surface area contributed by atoms with Crippen LogP contribution in [0.25, 0.3) is 0 Å².